The number of ether oxygens (including phenoxy) is 2. The van der Waals surface area contributed by atoms with Gasteiger partial charge < -0.3 is 19.0 Å². The van der Waals surface area contributed by atoms with E-state index in [9.17, 15) is 41.3 Å². The third kappa shape index (κ3) is 8.93. The van der Waals surface area contributed by atoms with Crippen molar-refractivity contribution in [2.45, 2.75) is 51.0 Å². The maximum absolute atomic E-state index is 12.8. The normalized spacial score (nSPS) is 12.8. The predicted octanol–water partition coefficient (Wildman–Crippen LogP) is 4.00. The van der Waals surface area contributed by atoms with E-state index in [0.29, 0.717) is 23.8 Å². The lowest BCUT2D eigenvalue weighted by Crippen LogP contribution is -2.45. The van der Waals surface area contributed by atoms with Crippen molar-refractivity contribution < 1.29 is 49.8 Å². The number of carbonyl (C=O) groups is 2. The zero-order valence-corrected chi connectivity index (χ0v) is 20.6. The number of benzene rings is 2. The fourth-order valence-electron chi connectivity index (χ4n) is 2.82. The van der Waals surface area contributed by atoms with Gasteiger partial charge in [0, 0.05) is 18.1 Å². The number of amides is 1. The SMILES string of the molecule is CC(C)(C)OC(=O)N[C@@H](Cc1cc(OS(=O)(=O)C(F)(F)F)ccc1[N+](=O)[O-])C(=O)OCc1ccccc1. The summed E-state index contributed by atoms with van der Waals surface area (Å²) in [6.45, 7) is 4.41. The Morgan fingerprint density at radius 3 is 2.24 bits per heavy atom. The zero-order chi connectivity index (χ0) is 28.0. The first-order valence-corrected chi connectivity index (χ1v) is 11.9. The highest BCUT2D eigenvalue weighted by molar-refractivity contribution is 7.88. The highest BCUT2D eigenvalue weighted by atomic mass is 32.2. The summed E-state index contributed by atoms with van der Waals surface area (Å²) in [5.41, 5.74) is -7.24. The van der Waals surface area contributed by atoms with Gasteiger partial charge in [-0.15, -0.1) is 0 Å². The second-order valence-corrected chi connectivity index (χ2v) is 10.1. The number of halogens is 3. The second kappa shape index (κ2) is 11.5. The van der Waals surface area contributed by atoms with Gasteiger partial charge in [-0.3, -0.25) is 10.1 Å². The second-order valence-electron chi connectivity index (χ2n) is 8.53. The summed E-state index contributed by atoms with van der Waals surface area (Å²) < 4.78 is 75.1. The number of rotatable bonds is 9. The smallest absolute Gasteiger partial charge is 0.459 e. The molecule has 0 aliphatic carbocycles. The van der Waals surface area contributed by atoms with E-state index in [1.165, 1.54) is 0 Å². The van der Waals surface area contributed by atoms with Gasteiger partial charge >= 0.3 is 27.7 Å². The number of nitrogens with one attached hydrogen (secondary N) is 1. The number of hydrogen-bond acceptors (Lipinski definition) is 9. The van der Waals surface area contributed by atoms with Crippen molar-refractivity contribution in [1.29, 1.82) is 0 Å². The molecule has 2 aromatic carbocycles. The minimum atomic E-state index is -6.08. The van der Waals surface area contributed by atoms with Crippen molar-refractivity contribution in [3.05, 3.63) is 69.8 Å². The summed E-state index contributed by atoms with van der Waals surface area (Å²) in [6.07, 6.45) is -1.75. The zero-order valence-electron chi connectivity index (χ0n) is 19.8. The summed E-state index contributed by atoms with van der Waals surface area (Å²) in [5, 5.41) is 13.7. The van der Waals surface area contributed by atoms with Gasteiger partial charge in [0.05, 0.1) is 4.92 Å². The van der Waals surface area contributed by atoms with Crippen molar-refractivity contribution in [2.24, 2.45) is 0 Å². The molecule has 0 fully saturated rings. The van der Waals surface area contributed by atoms with E-state index in [-0.39, 0.29) is 6.61 Å². The Bertz CT molecular complexity index is 1240. The third-order valence-corrected chi connectivity index (χ3v) is 5.34. The Morgan fingerprint density at radius 1 is 1.08 bits per heavy atom. The summed E-state index contributed by atoms with van der Waals surface area (Å²) in [5.74, 6) is -1.94. The molecule has 1 atom stereocenters. The molecule has 37 heavy (non-hydrogen) atoms. The quantitative estimate of drug-likeness (QED) is 0.161. The van der Waals surface area contributed by atoms with Crippen LogP contribution >= 0.6 is 0 Å². The Kier molecular flexibility index (Phi) is 9.08. The number of alkyl carbamates (subject to hydrolysis) is 1. The van der Waals surface area contributed by atoms with E-state index in [1.54, 1.807) is 51.1 Å². The molecule has 1 N–H and O–H groups in total. The molecule has 0 unspecified atom stereocenters. The minimum Gasteiger partial charge on any atom is -0.459 e. The van der Waals surface area contributed by atoms with Gasteiger partial charge in [-0.25, -0.2) is 9.59 Å². The number of alkyl halides is 3. The highest BCUT2D eigenvalue weighted by Crippen LogP contribution is 2.30. The van der Waals surface area contributed by atoms with Crippen molar-refractivity contribution >= 4 is 27.9 Å². The molecule has 15 heteroatoms. The fraction of sp³-hybridized carbons (Fsp3) is 0.364. The molecule has 0 heterocycles. The largest absolute Gasteiger partial charge is 0.534 e. The minimum absolute atomic E-state index is 0.221. The molecule has 2 aromatic rings. The molecule has 11 nitrogen and oxygen atoms in total. The van der Waals surface area contributed by atoms with E-state index < -0.39 is 67.7 Å². The average molecular weight is 548 g/mol. The van der Waals surface area contributed by atoms with Crippen molar-refractivity contribution in [1.82, 2.24) is 5.32 Å². The number of nitrogens with zero attached hydrogens (tertiary/aromatic N) is 1. The van der Waals surface area contributed by atoms with Crippen LogP contribution in [0.15, 0.2) is 48.5 Å². The Labute approximate surface area is 209 Å². The summed E-state index contributed by atoms with van der Waals surface area (Å²) >= 11 is 0. The topological polar surface area (TPSA) is 151 Å². The molecule has 0 aromatic heterocycles. The van der Waals surface area contributed by atoms with E-state index >= 15 is 0 Å². The number of esters is 1. The van der Waals surface area contributed by atoms with E-state index in [4.69, 9.17) is 9.47 Å². The summed E-state index contributed by atoms with van der Waals surface area (Å²) in [6, 6.07) is 8.79. The van der Waals surface area contributed by atoms with Gasteiger partial charge in [0.25, 0.3) is 5.69 Å². The number of nitro groups is 1. The Morgan fingerprint density at radius 2 is 1.70 bits per heavy atom. The molecule has 202 valence electrons. The van der Waals surface area contributed by atoms with Gasteiger partial charge in [-0.05, 0) is 38.5 Å². The van der Waals surface area contributed by atoms with Gasteiger partial charge in [0.15, 0.2) is 0 Å². The van der Waals surface area contributed by atoms with Crippen LogP contribution in [0.2, 0.25) is 0 Å². The Balaban J connectivity index is 2.38. The molecule has 0 radical (unpaired) electrons. The molecule has 0 spiro atoms. The molecule has 0 saturated heterocycles. The number of hydrogen-bond donors (Lipinski definition) is 1. The molecule has 0 aliphatic rings. The van der Waals surface area contributed by atoms with Crippen molar-refractivity contribution in [3.63, 3.8) is 0 Å². The van der Waals surface area contributed by atoms with Crippen LogP contribution in [0.1, 0.15) is 31.9 Å². The molecule has 0 saturated carbocycles. The third-order valence-electron chi connectivity index (χ3n) is 4.36. The van der Waals surface area contributed by atoms with E-state index in [0.717, 1.165) is 0 Å². The maximum atomic E-state index is 12.8. The molecule has 1 amide bonds. The van der Waals surface area contributed by atoms with Crippen LogP contribution in [-0.2, 0) is 37.4 Å². The predicted molar refractivity (Wildman–Crippen MR) is 122 cm³/mol. The lowest BCUT2D eigenvalue weighted by molar-refractivity contribution is -0.385. The van der Waals surface area contributed by atoms with Crippen LogP contribution in [0, 0.1) is 10.1 Å². The molecular formula is C22H23F3N2O9S. The standard InChI is InChI=1S/C22H23F3N2O9S/c1-21(2,3)35-20(29)26-17(19(28)34-13-14-7-5-4-6-8-14)12-15-11-16(9-10-18(15)27(30)31)36-37(32,33)22(23,24)25/h4-11,17H,12-13H2,1-3H3,(H,26,29)/t17-/m0/s1. The average Bonchev–Trinajstić information content (AvgIpc) is 2.75. The van der Waals surface area contributed by atoms with Crippen LogP contribution in [-0.4, -0.2) is 42.6 Å². The first-order valence-electron chi connectivity index (χ1n) is 10.5. The van der Waals surface area contributed by atoms with Gasteiger partial charge in [-0.2, -0.15) is 21.6 Å². The first kappa shape index (κ1) is 29.4. The Hall–Kier alpha value is -3.88. The maximum Gasteiger partial charge on any atom is 0.534 e. The van der Waals surface area contributed by atoms with Crippen LogP contribution in [0.5, 0.6) is 5.75 Å². The number of carbonyl (C=O) groups excluding carboxylic acids is 2. The van der Waals surface area contributed by atoms with Crippen LogP contribution in [0.4, 0.5) is 23.7 Å². The molecule has 0 aliphatic heterocycles. The van der Waals surface area contributed by atoms with Crippen LogP contribution in [0.3, 0.4) is 0 Å². The lowest BCUT2D eigenvalue weighted by atomic mass is 10.0. The van der Waals surface area contributed by atoms with Crippen LogP contribution < -0.4 is 9.50 Å². The van der Waals surface area contributed by atoms with Gasteiger partial charge in [-0.1, -0.05) is 30.3 Å². The lowest BCUT2D eigenvalue weighted by Gasteiger charge is -2.23. The van der Waals surface area contributed by atoms with E-state index in [2.05, 4.69) is 9.50 Å². The fourth-order valence-corrected chi connectivity index (χ4v) is 3.27. The highest BCUT2D eigenvalue weighted by Gasteiger charge is 2.48. The summed E-state index contributed by atoms with van der Waals surface area (Å²) in [4.78, 5) is 35.7. The molecule has 0 bridgehead atoms. The van der Waals surface area contributed by atoms with Crippen molar-refractivity contribution in [3.8, 4) is 5.75 Å². The van der Waals surface area contributed by atoms with Crippen LogP contribution in [0.25, 0.3) is 0 Å². The monoisotopic (exact) mass is 548 g/mol. The van der Waals surface area contributed by atoms with Gasteiger partial charge in [0.2, 0.25) is 0 Å². The molecule has 2 rings (SSSR count). The number of nitro benzene ring substituents is 1. The van der Waals surface area contributed by atoms with Gasteiger partial charge in [0.1, 0.15) is 24.0 Å². The first-order chi connectivity index (χ1) is 17.0. The summed E-state index contributed by atoms with van der Waals surface area (Å²) in [7, 11) is -6.08. The van der Waals surface area contributed by atoms with E-state index in [1.807, 2.05) is 0 Å². The molecular weight excluding hydrogens is 525 g/mol. The van der Waals surface area contributed by atoms with Crippen molar-refractivity contribution in [2.75, 3.05) is 0 Å².